The maximum atomic E-state index is 12.9. The largest absolute Gasteiger partial charge is 0.379 e. The molecule has 1 saturated heterocycles. The molecule has 1 atom stereocenters. The summed E-state index contributed by atoms with van der Waals surface area (Å²) in [5, 5.41) is 13.7. The third-order valence-electron chi connectivity index (χ3n) is 3.83. The van der Waals surface area contributed by atoms with Crippen LogP contribution in [-0.2, 0) is 11.3 Å². The van der Waals surface area contributed by atoms with Crippen LogP contribution in [0, 0.1) is 5.82 Å². The summed E-state index contributed by atoms with van der Waals surface area (Å²) >= 11 is 0. The van der Waals surface area contributed by atoms with Crippen LogP contribution in [0.3, 0.4) is 0 Å². The van der Waals surface area contributed by atoms with E-state index in [0.717, 1.165) is 24.9 Å². The van der Waals surface area contributed by atoms with E-state index < -0.39 is 5.60 Å². The summed E-state index contributed by atoms with van der Waals surface area (Å²) in [7, 11) is 0. The summed E-state index contributed by atoms with van der Waals surface area (Å²) < 4.78 is 12.9. The Balaban J connectivity index is 2.00. The lowest BCUT2D eigenvalue weighted by Crippen LogP contribution is -2.57. The fraction of sp³-hybridized carbons (Fsp3) is 0.562. The normalized spacial score (nSPS) is 22.6. The molecule has 0 aromatic heterocycles. The molecule has 1 aromatic rings. The molecule has 5 heteroatoms. The lowest BCUT2D eigenvalue weighted by molar-refractivity contribution is -0.157. The zero-order chi connectivity index (χ0) is 15.3. The number of carbonyl (C=O) groups is 1. The summed E-state index contributed by atoms with van der Waals surface area (Å²) in [6.45, 7) is 4.16. The van der Waals surface area contributed by atoms with Crippen molar-refractivity contribution in [3.63, 3.8) is 0 Å². The lowest BCUT2D eigenvalue weighted by Gasteiger charge is -2.38. The number of piperidine rings is 1. The molecule has 1 aliphatic rings. The van der Waals surface area contributed by atoms with Crippen LogP contribution in [0.4, 0.5) is 4.39 Å². The molecule has 21 heavy (non-hydrogen) atoms. The van der Waals surface area contributed by atoms with Crippen molar-refractivity contribution in [3.8, 4) is 0 Å². The second-order valence-electron chi connectivity index (χ2n) is 5.67. The van der Waals surface area contributed by atoms with Gasteiger partial charge in [0.2, 0.25) is 0 Å². The van der Waals surface area contributed by atoms with Crippen LogP contribution < -0.4 is 5.32 Å². The highest BCUT2D eigenvalue weighted by atomic mass is 19.1. The van der Waals surface area contributed by atoms with Gasteiger partial charge < -0.3 is 15.3 Å². The highest BCUT2D eigenvalue weighted by Gasteiger charge is 2.41. The van der Waals surface area contributed by atoms with Gasteiger partial charge in [0.15, 0.2) is 5.60 Å². The topological polar surface area (TPSA) is 52.6 Å². The maximum absolute atomic E-state index is 12.9. The van der Waals surface area contributed by atoms with Gasteiger partial charge in [-0.1, -0.05) is 19.1 Å². The third-order valence-corrected chi connectivity index (χ3v) is 3.83. The minimum absolute atomic E-state index is 0.235. The molecule has 1 aliphatic heterocycles. The zero-order valence-electron chi connectivity index (χ0n) is 12.4. The number of halogens is 1. The van der Waals surface area contributed by atoms with Gasteiger partial charge in [-0.25, -0.2) is 4.39 Å². The number of aliphatic hydroxyl groups is 1. The first kappa shape index (κ1) is 15.9. The molecule has 1 heterocycles. The standard InChI is InChI=1S/C16H23FN2O2/c1-2-9-18-12-16(21)8-3-10-19(15(16)20)11-13-4-6-14(17)7-5-13/h4-7,18,21H,2-3,8-12H2,1H3/t16-/m0/s1. The summed E-state index contributed by atoms with van der Waals surface area (Å²) in [6, 6.07) is 6.12. The van der Waals surface area contributed by atoms with Gasteiger partial charge in [-0.2, -0.15) is 0 Å². The minimum Gasteiger partial charge on any atom is -0.379 e. The molecule has 0 saturated carbocycles. The van der Waals surface area contributed by atoms with E-state index in [4.69, 9.17) is 0 Å². The highest BCUT2D eigenvalue weighted by Crippen LogP contribution is 2.23. The van der Waals surface area contributed by atoms with Gasteiger partial charge in [0.05, 0.1) is 0 Å². The van der Waals surface area contributed by atoms with Gasteiger partial charge in [0.25, 0.3) is 5.91 Å². The first-order chi connectivity index (χ1) is 10.0. The molecule has 2 N–H and O–H groups in total. The molecule has 0 aliphatic carbocycles. The predicted molar refractivity (Wildman–Crippen MR) is 79.2 cm³/mol. The van der Waals surface area contributed by atoms with Crippen molar-refractivity contribution in [3.05, 3.63) is 35.6 Å². The molecular weight excluding hydrogens is 271 g/mol. The summed E-state index contributed by atoms with van der Waals surface area (Å²) in [5.41, 5.74) is -0.441. The first-order valence-electron chi connectivity index (χ1n) is 7.52. The number of nitrogens with zero attached hydrogens (tertiary/aromatic N) is 1. The Morgan fingerprint density at radius 3 is 2.76 bits per heavy atom. The van der Waals surface area contributed by atoms with E-state index >= 15 is 0 Å². The third kappa shape index (κ3) is 4.02. The van der Waals surface area contributed by atoms with Gasteiger partial charge in [-0.3, -0.25) is 4.79 Å². The molecule has 0 unspecified atom stereocenters. The van der Waals surface area contributed by atoms with E-state index in [0.29, 0.717) is 26.1 Å². The first-order valence-corrected chi connectivity index (χ1v) is 7.52. The Morgan fingerprint density at radius 1 is 1.38 bits per heavy atom. The van der Waals surface area contributed by atoms with Gasteiger partial charge in [0, 0.05) is 19.6 Å². The van der Waals surface area contributed by atoms with Crippen molar-refractivity contribution in [2.75, 3.05) is 19.6 Å². The van der Waals surface area contributed by atoms with Crippen LogP contribution in [-0.4, -0.2) is 41.1 Å². The fourth-order valence-electron chi connectivity index (χ4n) is 2.66. The van der Waals surface area contributed by atoms with E-state index in [2.05, 4.69) is 5.32 Å². The molecule has 4 nitrogen and oxygen atoms in total. The number of hydrogen-bond acceptors (Lipinski definition) is 3. The monoisotopic (exact) mass is 294 g/mol. The summed E-state index contributed by atoms with van der Waals surface area (Å²) in [5.74, 6) is -0.523. The minimum atomic E-state index is -1.31. The lowest BCUT2D eigenvalue weighted by atomic mass is 9.91. The average molecular weight is 294 g/mol. The predicted octanol–water partition coefficient (Wildman–Crippen LogP) is 1.68. The molecule has 0 radical (unpaired) electrons. The van der Waals surface area contributed by atoms with Crippen molar-refractivity contribution in [1.29, 1.82) is 0 Å². The zero-order valence-corrected chi connectivity index (χ0v) is 12.4. The van der Waals surface area contributed by atoms with E-state index in [1.165, 1.54) is 12.1 Å². The number of rotatable bonds is 6. The van der Waals surface area contributed by atoms with Crippen molar-refractivity contribution in [2.45, 2.75) is 38.3 Å². The second-order valence-corrected chi connectivity index (χ2v) is 5.67. The fourth-order valence-corrected chi connectivity index (χ4v) is 2.66. The summed E-state index contributed by atoms with van der Waals surface area (Å²) in [6.07, 6.45) is 2.23. The van der Waals surface area contributed by atoms with Crippen molar-refractivity contribution in [1.82, 2.24) is 10.2 Å². The smallest absolute Gasteiger partial charge is 0.256 e. The Labute approximate surface area is 125 Å². The van der Waals surface area contributed by atoms with E-state index in [1.807, 2.05) is 6.92 Å². The van der Waals surface area contributed by atoms with Crippen LogP contribution in [0.5, 0.6) is 0 Å². The Hall–Kier alpha value is -1.46. The molecule has 1 fully saturated rings. The van der Waals surface area contributed by atoms with Crippen molar-refractivity contribution >= 4 is 5.91 Å². The van der Waals surface area contributed by atoms with E-state index in [-0.39, 0.29) is 11.7 Å². The van der Waals surface area contributed by atoms with Gasteiger partial charge in [-0.15, -0.1) is 0 Å². The molecule has 1 aromatic carbocycles. The number of nitrogens with one attached hydrogen (secondary N) is 1. The molecule has 116 valence electrons. The number of likely N-dealkylation sites (tertiary alicyclic amines) is 1. The molecule has 2 rings (SSSR count). The Morgan fingerprint density at radius 2 is 2.10 bits per heavy atom. The maximum Gasteiger partial charge on any atom is 0.256 e. The quantitative estimate of drug-likeness (QED) is 0.785. The van der Waals surface area contributed by atoms with Crippen LogP contribution in [0.1, 0.15) is 31.7 Å². The molecule has 1 amide bonds. The number of carbonyl (C=O) groups excluding carboxylic acids is 1. The number of benzene rings is 1. The van der Waals surface area contributed by atoms with Crippen molar-refractivity contribution in [2.24, 2.45) is 0 Å². The van der Waals surface area contributed by atoms with Crippen LogP contribution in [0.25, 0.3) is 0 Å². The average Bonchev–Trinajstić information content (AvgIpc) is 2.47. The number of hydrogen-bond donors (Lipinski definition) is 2. The second kappa shape index (κ2) is 7.00. The van der Waals surface area contributed by atoms with Crippen LogP contribution in [0.2, 0.25) is 0 Å². The summed E-state index contributed by atoms with van der Waals surface area (Å²) in [4.78, 5) is 14.1. The van der Waals surface area contributed by atoms with E-state index in [9.17, 15) is 14.3 Å². The molecule has 0 spiro atoms. The van der Waals surface area contributed by atoms with Gasteiger partial charge in [-0.05, 0) is 43.5 Å². The van der Waals surface area contributed by atoms with Crippen LogP contribution in [0.15, 0.2) is 24.3 Å². The van der Waals surface area contributed by atoms with E-state index in [1.54, 1.807) is 17.0 Å². The molecule has 0 bridgehead atoms. The highest BCUT2D eigenvalue weighted by molar-refractivity contribution is 5.86. The molecular formula is C16H23FN2O2. The van der Waals surface area contributed by atoms with Crippen molar-refractivity contribution < 1.29 is 14.3 Å². The van der Waals surface area contributed by atoms with Gasteiger partial charge >= 0.3 is 0 Å². The van der Waals surface area contributed by atoms with Crippen LogP contribution >= 0.6 is 0 Å². The Kier molecular flexibility index (Phi) is 5.31. The number of amides is 1. The Bertz CT molecular complexity index is 478. The SMILES string of the molecule is CCCNC[C@@]1(O)CCCN(Cc2ccc(F)cc2)C1=O. The van der Waals surface area contributed by atoms with Gasteiger partial charge in [0.1, 0.15) is 5.82 Å².